The van der Waals surface area contributed by atoms with Gasteiger partial charge in [-0.1, -0.05) is 236 Å². The molecule has 0 aromatic carbocycles. The van der Waals surface area contributed by atoms with Gasteiger partial charge in [0, 0.05) is 12.8 Å². The quantitative estimate of drug-likeness (QED) is 0.0321. The maximum Gasteiger partial charge on any atom is 0.305 e. The molecule has 0 saturated heterocycles. The molecular formula is C58H107NO5. The first-order chi connectivity index (χ1) is 31.5. The molecule has 0 heterocycles. The Labute approximate surface area is 397 Å². The predicted octanol–water partition coefficient (Wildman–Crippen LogP) is 17.0. The molecule has 6 nitrogen and oxygen atoms in total. The largest absolute Gasteiger partial charge is 0.466 e. The summed E-state index contributed by atoms with van der Waals surface area (Å²) >= 11 is 0. The standard InChI is InChI=1S/C58H107NO5/c1-3-5-7-9-11-13-15-17-19-20-21-22-23-24-25-26-27-28-30-34-38-42-46-50-56(61)55(54-60)59-57(62)51-47-43-39-35-32-33-37-41-45-49-53-64-58(63)52-48-44-40-36-31-29-18-16-14-12-10-8-6-4-2/h10,12,16,18,33,37,46,50,55-56,60-61H,3-9,11,13-15,17,19-32,34-36,38-45,47-49,51-54H2,1-2H3,(H,59,62)/b12-10-,18-16-,37-33-,50-46+. The first-order valence-electron chi connectivity index (χ1n) is 27.9. The molecule has 2 unspecified atom stereocenters. The molecule has 0 bridgehead atoms. The summed E-state index contributed by atoms with van der Waals surface area (Å²) in [6.45, 7) is 4.77. The summed E-state index contributed by atoms with van der Waals surface area (Å²) in [5.41, 5.74) is 0. The van der Waals surface area contributed by atoms with Gasteiger partial charge in [-0.3, -0.25) is 9.59 Å². The van der Waals surface area contributed by atoms with Crippen LogP contribution in [0.25, 0.3) is 0 Å². The van der Waals surface area contributed by atoms with E-state index in [0.717, 1.165) is 89.9 Å². The lowest BCUT2D eigenvalue weighted by Gasteiger charge is -2.20. The van der Waals surface area contributed by atoms with E-state index < -0.39 is 12.1 Å². The number of allylic oxidation sites excluding steroid dienone is 7. The van der Waals surface area contributed by atoms with E-state index >= 15 is 0 Å². The number of nitrogens with one attached hydrogen (secondary N) is 1. The smallest absolute Gasteiger partial charge is 0.305 e. The van der Waals surface area contributed by atoms with Gasteiger partial charge in [0.1, 0.15) is 0 Å². The van der Waals surface area contributed by atoms with Crippen LogP contribution in [0.5, 0.6) is 0 Å². The summed E-state index contributed by atoms with van der Waals surface area (Å²) in [6, 6.07) is -0.656. The van der Waals surface area contributed by atoms with E-state index in [1.54, 1.807) is 6.08 Å². The average molecular weight is 898 g/mol. The molecule has 0 aliphatic rings. The van der Waals surface area contributed by atoms with Gasteiger partial charge in [0.2, 0.25) is 5.91 Å². The molecule has 2 atom stereocenters. The SMILES string of the molecule is CCCC/C=C\C/C=C\CCCCCCCC(=O)OCCCC/C=C\CCCCCCC(=O)NC(CO)C(O)/C=C/CCCCCCCCCCCCCCCCCCCCCCC. The highest BCUT2D eigenvalue weighted by Gasteiger charge is 2.18. The van der Waals surface area contributed by atoms with Crippen molar-refractivity contribution in [3.63, 3.8) is 0 Å². The number of aliphatic hydroxyl groups excluding tert-OH is 2. The fourth-order valence-corrected chi connectivity index (χ4v) is 8.23. The number of aliphatic hydroxyl groups is 2. The zero-order chi connectivity index (χ0) is 46.5. The molecule has 0 aromatic heterocycles. The van der Waals surface area contributed by atoms with Gasteiger partial charge in [-0.15, -0.1) is 0 Å². The summed E-state index contributed by atoms with van der Waals surface area (Å²) in [5.74, 6) is -0.157. The summed E-state index contributed by atoms with van der Waals surface area (Å²) < 4.78 is 5.42. The van der Waals surface area contributed by atoms with Crippen LogP contribution in [-0.2, 0) is 14.3 Å². The number of unbranched alkanes of at least 4 members (excludes halogenated alkanes) is 34. The fraction of sp³-hybridized carbons (Fsp3) is 0.828. The summed E-state index contributed by atoms with van der Waals surface area (Å²) in [7, 11) is 0. The Morgan fingerprint density at radius 3 is 1.25 bits per heavy atom. The molecule has 0 aromatic rings. The second-order valence-corrected chi connectivity index (χ2v) is 18.9. The minimum atomic E-state index is -0.869. The van der Waals surface area contributed by atoms with Crippen LogP contribution < -0.4 is 5.32 Å². The number of ether oxygens (including phenoxy) is 1. The second kappa shape index (κ2) is 53.4. The van der Waals surface area contributed by atoms with Crippen LogP contribution in [0.4, 0.5) is 0 Å². The number of carbonyl (C=O) groups is 2. The number of esters is 1. The summed E-state index contributed by atoms with van der Waals surface area (Å²) in [4.78, 5) is 24.5. The highest BCUT2D eigenvalue weighted by molar-refractivity contribution is 5.76. The van der Waals surface area contributed by atoms with Crippen LogP contribution >= 0.6 is 0 Å². The maximum absolute atomic E-state index is 12.5. The van der Waals surface area contributed by atoms with E-state index in [1.807, 2.05) is 6.08 Å². The van der Waals surface area contributed by atoms with Crippen molar-refractivity contribution >= 4 is 11.9 Å². The number of hydrogen-bond acceptors (Lipinski definition) is 5. The first-order valence-corrected chi connectivity index (χ1v) is 27.9. The topological polar surface area (TPSA) is 95.9 Å². The van der Waals surface area contributed by atoms with Crippen LogP contribution in [-0.4, -0.2) is 47.4 Å². The van der Waals surface area contributed by atoms with E-state index in [4.69, 9.17) is 4.74 Å². The van der Waals surface area contributed by atoms with Gasteiger partial charge in [0.05, 0.1) is 25.4 Å². The van der Waals surface area contributed by atoms with Gasteiger partial charge in [0.15, 0.2) is 0 Å². The molecule has 0 spiro atoms. The van der Waals surface area contributed by atoms with Gasteiger partial charge in [0.25, 0.3) is 0 Å². The number of amides is 1. The van der Waals surface area contributed by atoms with Crippen molar-refractivity contribution < 1.29 is 24.5 Å². The van der Waals surface area contributed by atoms with Crippen molar-refractivity contribution in [1.82, 2.24) is 5.32 Å². The van der Waals surface area contributed by atoms with E-state index in [9.17, 15) is 19.8 Å². The number of hydrogen-bond donors (Lipinski definition) is 3. The van der Waals surface area contributed by atoms with Crippen molar-refractivity contribution in [3.8, 4) is 0 Å². The molecule has 0 fully saturated rings. The van der Waals surface area contributed by atoms with E-state index in [1.165, 1.54) is 167 Å². The summed E-state index contributed by atoms with van der Waals surface area (Å²) in [6.07, 6.45) is 67.0. The Hall–Kier alpha value is -2.18. The third kappa shape index (κ3) is 49.3. The van der Waals surface area contributed by atoms with E-state index in [-0.39, 0.29) is 18.5 Å². The highest BCUT2D eigenvalue weighted by Crippen LogP contribution is 2.16. The van der Waals surface area contributed by atoms with E-state index in [0.29, 0.717) is 19.4 Å². The maximum atomic E-state index is 12.5. The highest BCUT2D eigenvalue weighted by atomic mass is 16.5. The van der Waals surface area contributed by atoms with Gasteiger partial charge in [-0.25, -0.2) is 0 Å². The number of carbonyl (C=O) groups excluding carboxylic acids is 2. The Morgan fingerprint density at radius 2 is 0.797 bits per heavy atom. The van der Waals surface area contributed by atoms with Crippen LogP contribution in [0, 0.1) is 0 Å². The Balaban J connectivity index is 3.57. The Kier molecular flexibility index (Phi) is 51.6. The molecule has 64 heavy (non-hydrogen) atoms. The minimum absolute atomic E-state index is 0.0532. The average Bonchev–Trinajstić information content (AvgIpc) is 3.29. The van der Waals surface area contributed by atoms with Crippen LogP contribution in [0.3, 0.4) is 0 Å². The van der Waals surface area contributed by atoms with Gasteiger partial charge in [-0.05, 0) is 83.5 Å². The molecule has 0 aliphatic heterocycles. The molecule has 0 saturated carbocycles. The third-order valence-electron chi connectivity index (χ3n) is 12.6. The van der Waals surface area contributed by atoms with Crippen LogP contribution in [0.15, 0.2) is 48.6 Å². The predicted molar refractivity (Wildman–Crippen MR) is 278 cm³/mol. The summed E-state index contributed by atoms with van der Waals surface area (Å²) in [5, 5.41) is 23.1. The molecule has 0 aliphatic carbocycles. The lowest BCUT2D eigenvalue weighted by atomic mass is 10.0. The monoisotopic (exact) mass is 898 g/mol. The second-order valence-electron chi connectivity index (χ2n) is 18.9. The Bertz CT molecular complexity index is 1080. The van der Waals surface area contributed by atoms with Crippen molar-refractivity contribution in [2.24, 2.45) is 0 Å². The van der Waals surface area contributed by atoms with Crippen LogP contribution in [0.2, 0.25) is 0 Å². The zero-order valence-corrected chi connectivity index (χ0v) is 42.5. The fourth-order valence-electron chi connectivity index (χ4n) is 8.23. The molecular weight excluding hydrogens is 791 g/mol. The zero-order valence-electron chi connectivity index (χ0n) is 42.5. The first kappa shape index (κ1) is 61.8. The lowest BCUT2D eigenvalue weighted by molar-refractivity contribution is -0.143. The minimum Gasteiger partial charge on any atom is -0.466 e. The molecule has 374 valence electrons. The van der Waals surface area contributed by atoms with E-state index in [2.05, 4.69) is 55.6 Å². The van der Waals surface area contributed by atoms with Gasteiger partial charge < -0.3 is 20.3 Å². The van der Waals surface area contributed by atoms with Crippen molar-refractivity contribution in [1.29, 1.82) is 0 Å². The Morgan fingerprint density at radius 1 is 0.438 bits per heavy atom. The van der Waals surface area contributed by atoms with Gasteiger partial charge >= 0.3 is 5.97 Å². The molecule has 3 N–H and O–H groups in total. The normalized spacial score (nSPS) is 13.0. The lowest BCUT2D eigenvalue weighted by Crippen LogP contribution is -2.45. The molecule has 1 amide bonds. The third-order valence-corrected chi connectivity index (χ3v) is 12.6. The molecule has 0 radical (unpaired) electrons. The van der Waals surface area contributed by atoms with Crippen LogP contribution in [0.1, 0.15) is 284 Å². The number of rotatable bonds is 51. The van der Waals surface area contributed by atoms with Crippen molar-refractivity contribution in [2.45, 2.75) is 296 Å². The van der Waals surface area contributed by atoms with Crippen molar-refractivity contribution in [2.75, 3.05) is 13.2 Å². The molecule has 6 heteroatoms. The molecule has 0 rings (SSSR count). The van der Waals surface area contributed by atoms with Gasteiger partial charge in [-0.2, -0.15) is 0 Å². The van der Waals surface area contributed by atoms with Crippen molar-refractivity contribution in [3.05, 3.63) is 48.6 Å².